The Morgan fingerprint density at radius 2 is 2.13 bits per heavy atom. The fourth-order valence-corrected chi connectivity index (χ4v) is 1.53. The Bertz CT molecular complexity index is 468. The summed E-state index contributed by atoms with van der Waals surface area (Å²) in [5.41, 5.74) is 0. The second kappa shape index (κ2) is 4.28. The molecule has 0 unspecified atom stereocenters. The van der Waals surface area contributed by atoms with Crippen molar-refractivity contribution in [3.8, 4) is 5.75 Å². The zero-order valence-electron chi connectivity index (χ0n) is 8.68. The number of rotatable bonds is 3. The molecule has 0 aliphatic rings. The molecule has 1 heterocycles. The summed E-state index contributed by atoms with van der Waals surface area (Å²) in [6.07, 6.45) is 4.06. The second-order valence-corrected chi connectivity index (χ2v) is 3.47. The Kier molecular flexibility index (Phi) is 2.83. The third-order valence-electron chi connectivity index (χ3n) is 2.25. The van der Waals surface area contributed by atoms with Gasteiger partial charge < -0.3 is 9.84 Å². The maximum Gasteiger partial charge on any atom is 0.176 e. The van der Waals surface area contributed by atoms with Gasteiger partial charge in [0.1, 0.15) is 19.4 Å². The number of aliphatic hydroxyl groups excluding tert-OH is 1. The SMILES string of the molecule is C[n+]1ccc2cc(OCCO)ccc2c1. The lowest BCUT2D eigenvalue weighted by Crippen LogP contribution is -2.25. The van der Waals surface area contributed by atoms with Crippen molar-refractivity contribution >= 4 is 10.8 Å². The first-order valence-corrected chi connectivity index (χ1v) is 4.92. The van der Waals surface area contributed by atoms with Gasteiger partial charge in [-0.15, -0.1) is 0 Å². The Morgan fingerprint density at radius 1 is 1.27 bits per heavy atom. The van der Waals surface area contributed by atoms with Gasteiger partial charge in [0.05, 0.1) is 6.61 Å². The zero-order chi connectivity index (χ0) is 10.7. The number of hydrogen-bond donors (Lipinski definition) is 1. The molecule has 0 amide bonds. The minimum atomic E-state index is 0.0434. The lowest BCUT2D eigenvalue weighted by atomic mass is 10.2. The van der Waals surface area contributed by atoms with Crippen LogP contribution < -0.4 is 9.30 Å². The van der Waals surface area contributed by atoms with E-state index in [0.29, 0.717) is 6.61 Å². The molecular formula is C12H14NO2+. The summed E-state index contributed by atoms with van der Waals surface area (Å²) in [7, 11) is 2.00. The lowest BCUT2D eigenvalue weighted by molar-refractivity contribution is -0.670. The molecule has 0 radical (unpaired) electrons. The van der Waals surface area contributed by atoms with E-state index < -0.39 is 0 Å². The number of pyridine rings is 1. The molecule has 0 saturated carbocycles. The highest BCUT2D eigenvalue weighted by Crippen LogP contribution is 2.19. The van der Waals surface area contributed by atoms with Crippen LogP contribution in [0.5, 0.6) is 5.75 Å². The molecule has 0 bridgehead atoms. The Morgan fingerprint density at radius 3 is 2.93 bits per heavy atom. The highest BCUT2D eigenvalue weighted by Gasteiger charge is 2.00. The fraction of sp³-hybridized carbons (Fsp3) is 0.250. The van der Waals surface area contributed by atoms with Crippen LogP contribution >= 0.6 is 0 Å². The predicted octanol–water partition coefficient (Wildman–Crippen LogP) is 1.04. The molecule has 1 N–H and O–H groups in total. The van der Waals surface area contributed by atoms with Crippen LogP contribution in [-0.2, 0) is 7.05 Å². The lowest BCUT2D eigenvalue weighted by Gasteiger charge is -2.04. The van der Waals surface area contributed by atoms with Gasteiger partial charge in [0, 0.05) is 11.5 Å². The van der Waals surface area contributed by atoms with E-state index in [4.69, 9.17) is 9.84 Å². The van der Waals surface area contributed by atoms with Gasteiger partial charge >= 0.3 is 0 Å². The number of aliphatic hydroxyl groups is 1. The van der Waals surface area contributed by atoms with E-state index in [1.165, 1.54) is 5.39 Å². The standard InChI is InChI=1S/C12H14NO2/c1-13-5-4-10-8-12(15-7-6-14)3-2-11(10)9-13/h2-5,8-9,14H,6-7H2,1H3/q+1. The maximum atomic E-state index is 8.65. The molecule has 1 aromatic carbocycles. The van der Waals surface area contributed by atoms with Gasteiger partial charge in [0.2, 0.25) is 0 Å². The topological polar surface area (TPSA) is 33.3 Å². The fourth-order valence-electron chi connectivity index (χ4n) is 1.53. The van der Waals surface area contributed by atoms with Crippen molar-refractivity contribution in [3.05, 3.63) is 36.7 Å². The van der Waals surface area contributed by atoms with Crippen molar-refractivity contribution in [2.45, 2.75) is 0 Å². The molecule has 0 aliphatic carbocycles. The third kappa shape index (κ3) is 2.25. The van der Waals surface area contributed by atoms with E-state index in [-0.39, 0.29) is 6.61 Å². The maximum absolute atomic E-state index is 8.65. The van der Waals surface area contributed by atoms with E-state index in [1.54, 1.807) is 0 Å². The second-order valence-electron chi connectivity index (χ2n) is 3.47. The van der Waals surface area contributed by atoms with Crippen LogP contribution in [0.2, 0.25) is 0 Å². The van der Waals surface area contributed by atoms with E-state index in [0.717, 1.165) is 11.1 Å². The van der Waals surface area contributed by atoms with Gasteiger partial charge in [-0.1, -0.05) is 0 Å². The van der Waals surface area contributed by atoms with Crippen molar-refractivity contribution < 1.29 is 14.4 Å². The highest BCUT2D eigenvalue weighted by atomic mass is 16.5. The summed E-state index contributed by atoms with van der Waals surface area (Å²) < 4.78 is 7.35. The number of benzene rings is 1. The molecule has 2 aromatic rings. The monoisotopic (exact) mass is 204 g/mol. The van der Waals surface area contributed by atoms with Gasteiger partial charge in [0.25, 0.3) is 0 Å². The quantitative estimate of drug-likeness (QED) is 0.758. The van der Waals surface area contributed by atoms with Crippen molar-refractivity contribution in [2.75, 3.05) is 13.2 Å². The van der Waals surface area contributed by atoms with Crippen LogP contribution in [-0.4, -0.2) is 18.3 Å². The molecular weight excluding hydrogens is 190 g/mol. The summed E-state index contributed by atoms with van der Waals surface area (Å²) in [4.78, 5) is 0. The van der Waals surface area contributed by atoms with Crippen LogP contribution in [0.1, 0.15) is 0 Å². The average Bonchev–Trinajstić information content (AvgIpc) is 2.26. The van der Waals surface area contributed by atoms with Crippen LogP contribution in [0.4, 0.5) is 0 Å². The van der Waals surface area contributed by atoms with Crippen LogP contribution in [0.3, 0.4) is 0 Å². The number of aryl methyl sites for hydroxylation is 1. The first-order chi connectivity index (χ1) is 7.29. The Hall–Kier alpha value is -1.61. The molecule has 0 fully saturated rings. The first-order valence-electron chi connectivity index (χ1n) is 4.92. The van der Waals surface area contributed by atoms with Crippen LogP contribution in [0.15, 0.2) is 36.7 Å². The molecule has 2 rings (SSSR count). The van der Waals surface area contributed by atoms with Gasteiger partial charge in [-0.05, 0) is 23.6 Å². The van der Waals surface area contributed by atoms with Crippen LogP contribution in [0.25, 0.3) is 10.8 Å². The van der Waals surface area contributed by atoms with Gasteiger partial charge in [0.15, 0.2) is 12.4 Å². The summed E-state index contributed by atoms with van der Waals surface area (Å²) >= 11 is 0. The average molecular weight is 204 g/mol. The number of fused-ring (bicyclic) bond motifs is 1. The normalized spacial score (nSPS) is 10.5. The van der Waals surface area contributed by atoms with Crippen molar-refractivity contribution in [1.82, 2.24) is 0 Å². The molecule has 3 nitrogen and oxygen atoms in total. The van der Waals surface area contributed by atoms with E-state index >= 15 is 0 Å². The number of hydrogen-bond acceptors (Lipinski definition) is 2. The molecule has 0 saturated heterocycles. The van der Waals surface area contributed by atoms with Crippen molar-refractivity contribution in [2.24, 2.45) is 7.05 Å². The summed E-state index contributed by atoms with van der Waals surface area (Å²) in [5, 5.41) is 11.0. The number of aromatic nitrogens is 1. The number of nitrogens with zero attached hydrogens (tertiary/aromatic N) is 1. The summed E-state index contributed by atoms with van der Waals surface area (Å²) in [6.45, 7) is 0.383. The zero-order valence-corrected chi connectivity index (χ0v) is 8.68. The van der Waals surface area contributed by atoms with E-state index in [2.05, 4.69) is 6.20 Å². The largest absolute Gasteiger partial charge is 0.491 e. The van der Waals surface area contributed by atoms with Crippen molar-refractivity contribution in [3.63, 3.8) is 0 Å². The molecule has 0 atom stereocenters. The molecule has 1 aromatic heterocycles. The predicted molar refractivity (Wildman–Crippen MR) is 57.7 cm³/mol. The highest BCUT2D eigenvalue weighted by molar-refractivity contribution is 5.82. The summed E-state index contributed by atoms with van der Waals surface area (Å²) in [5.74, 6) is 0.797. The minimum Gasteiger partial charge on any atom is -0.491 e. The van der Waals surface area contributed by atoms with E-state index in [9.17, 15) is 0 Å². The molecule has 3 heteroatoms. The Balaban J connectivity index is 2.34. The first kappa shape index (κ1) is 9.93. The van der Waals surface area contributed by atoms with Crippen molar-refractivity contribution in [1.29, 1.82) is 0 Å². The van der Waals surface area contributed by atoms with Gasteiger partial charge in [-0.2, -0.15) is 0 Å². The summed E-state index contributed by atoms with van der Waals surface area (Å²) in [6, 6.07) is 7.95. The third-order valence-corrected chi connectivity index (χ3v) is 2.25. The van der Waals surface area contributed by atoms with Crippen LogP contribution in [0, 0.1) is 0 Å². The van der Waals surface area contributed by atoms with Gasteiger partial charge in [-0.3, -0.25) is 0 Å². The molecule has 0 aliphatic heterocycles. The van der Waals surface area contributed by atoms with Gasteiger partial charge in [-0.25, -0.2) is 4.57 Å². The van der Waals surface area contributed by atoms with E-state index in [1.807, 2.05) is 42.1 Å². The smallest absolute Gasteiger partial charge is 0.176 e. The molecule has 15 heavy (non-hydrogen) atoms. The number of ether oxygens (including phenoxy) is 1. The minimum absolute atomic E-state index is 0.0434. The molecule has 0 spiro atoms. The Labute approximate surface area is 88.5 Å². The molecule has 78 valence electrons.